The van der Waals surface area contributed by atoms with Crippen LogP contribution in [0.3, 0.4) is 0 Å². The largest absolute Gasteiger partial charge is 0.480 e. The van der Waals surface area contributed by atoms with E-state index in [2.05, 4.69) is 5.32 Å². The van der Waals surface area contributed by atoms with Gasteiger partial charge in [0.1, 0.15) is 0 Å². The standard InChI is InChI=1S/C14H25N3O3/c1-3-17(9-13(18)19)12-6-11(7-12)15-14(20)16(2)8-10-4-5-10/h10-12H,3-9H2,1-2H3,(H,15,20)(H,18,19). The highest BCUT2D eigenvalue weighted by Gasteiger charge is 2.35. The molecule has 6 heteroatoms. The summed E-state index contributed by atoms with van der Waals surface area (Å²) in [6.07, 6.45) is 4.18. The SMILES string of the molecule is CCN(CC(=O)O)C1CC(NC(=O)N(C)CC2CC2)C1. The van der Waals surface area contributed by atoms with Gasteiger partial charge in [0.05, 0.1) is 6.54 Å². The van der Waals surface area contributed by atoms with Gasteiger partial charge in [-0.05, 0) is 38.1 Å². The molecule has 2 amide bonds. The zero-order chi connectivity index (χ0) is 14.7. The number of nitrogens with zero attached hydrogens (tertiary/aromatic N) is 2. The van der Waals surface area contributed by atoms with E-state index in [0.29, 0.717) is 5.92 Å². The fraction of sp³-hybridized carbons (Fsp3) is 0.857. The third-order valence-corrected chi connectivity index (χ3v) is 4.28. The van der Waals surface area contributed by atoms with Gasteiger partial charge in [-0.25, -0.2) is 4.79 Å². The van der Waals surface area contributed by atoms with Crippen LogP contribution in [0.5, 0.6) is 0 Å². The molecule has 6 nitrogen and oxygen atoms in total. The number of aliphatic carboxylic acids is 1. The minimum absolute atomic E-state index is 0.00151. The summed E-state index contributed by atoms with van der Waals surface area (Å²) in [5.41, 5.74) is 0. The number of carbonyl (C=O) groups excluding carboxylic acids is 1. The van der Waals surface area contributed by atoms with Crippen molar-refractivity contribution in [3.8, 4) is 0 Å². The third-order valence-electron chi connectivity index (χ3n) is 4.28. The van der Waals surface area contributed by atoms with Crippen molar-refractivity contribution in [2.45, 2.75) is 44.7 Å². The van der Waals surface area contributed by atoms with Gasteiger partial charge in [0.25, 0.3) is 0 Å². The van der Waals surface area contributed by atoms with Crippen LogP contribution in [0.2, 0.25) is 0 Å². The first-order valence-corrected chi connectivity index (χ1v) is 7.47. The summed E-state index contributed by atoms with van der Waals surface area (Å²) in [7, 11) is 1.84. The van der Waals surface area contributed by atoms with Gasteiger partial charge < -0.3 is 15.3 Å². The predicted molar refractivity (Wildman–Crippen MR) is 75.6 cm³/mol. The molecule has 2 saturated carbocycles. The third kappa shape index (κ3) is 4.10. The highest BCUT2D eigenvalue weighted by molar-refractivity contribution is 5.74. The van der Waals surface area contributed by atoms with Crippen LogP contribution in [0, 0.1) is 5.92 Å². The molecule has 2 aliphatic carbocycles. The van der Waals surface area contributed by atoms with Crippen molar-refractivity contribution in [1.29, 1.82) is 0 Å². The highest BCUT2D eigenvalue weighted by atomic mass is 16.4. The number of carbonyl (C=O) groups is 2. The Balaban J connectivity index is 1.67. The quantitative estimate of drug-likeness (QED) is 0.730. The summed E-state index contributed by atoms with van der Waals surface area (Å²) >= 11 is 0. The maximum absolute atomic E-state index is 11.9. The summed E-state index contributed by atoms with van der Waals surface area (Å²) in [5, 5.41) is 11.9. The number of nitrogens with one attached hydrogen (secondary N) is 1. The number of amides is 2. The van der Waals surface area contributed by atoms with Crippen molar-refractivity contribution in [1.82, 2.24) is 15.1 Å². The van der Waals surface area contributed by atoms with Crippen LogP contribution < -0.4 is 5.32 Å². The molecule has 2 aliphatic rings. The lowest BCUT2D eigenvalue weighted by Gasteiger charge is -2.42. The maximum atomic E-state index is 11.9. The van der Waals surface area contributed by atoms with E-state index in [9.17, 15) is 9.59 Å². The Kier molecular flexibility index (Phi) is 4.86. The Morgan fingerprint density at radius 2 is 1.95 bits per heavy atom. The first-order valence-electron chi connectivity index (χ1n) is 7.47. The van der Waals surface area contributed by atoms with Gasteiger partial charge >= 0.3 is 12.0 Å². The summed E-state index contributed by atoms with van der Waals surface area (Å²) in [5.74, 6) is -0.0884. The van der Waals surface area contributed by atoms with Gasteiger partial charge in [-0.15, -0.1) is 0 Å². The van der Waals surface area contributed by atoms with Gasteiger partial charge in [0.15, 0.2) is 0 Å². The van der Waals surface area contributed by atoms with Gasteiger partial charge in [-0.3, -0.25) is 9.69 Å². The number of carboxylic acids is 1. The predicted octanol–water partition coefficient (Wildman–Crippen LogP) is 0.975. The molecule has 0 aromatic carbocycles. The van der Waals surface area contributed by atoms with Crippen LogP contribution in [0.25, 0.3) is 0 Å². The van der Waals surface area contributed by atoms with Gasteiger partial charge in [0, 0.05) is 25.7 Å². The molecule has 114 valence electrons. The van der Waals surface area contributed by atoms with Gasteiger partial charge in [-0.2, -0.15) is 0 Å². The van der Waals surface area contributed by atoms with E-state index < -0.39 is 5.97 Å². The second-order valence-corrected chi connectivity index (χ2v) is 6.05. The Morgan fingerprint density at radius 3 is 2.45 bits per heavy atom. The molecule has 0 aromatic rings. The van der Waals surface area contributed by atoms with Crippen molar-refractivity contribution in [3.05, 3.63) is 0 Å². The highest BCUT2D eigenvalue weighted by Crippen LogP contribution is 2.29. The van der Waals surface area contributed by atoms with Crippen molar-refractivity contribution in [2.75, 3.05) is 26.7 Å². The molecule has 2 fully saturated rings. The van der Waals surface area contributed by atoms with E-state index in [1.54, 1.807) is 4.90 Å². The number of rotatable bonds is 7. The smallest absolute Gasteiger partial charge is 0.317 e. The van der Waals surface area contributed by atoms with Crippen molar-refractivity contribution in [3.63, 3.8) is 0 Å². The summed E-state index contributed by atoms with van der Waals surface area (Å²) in [4.78, 5) is 26.4. The Hall–Kier alpha value is -1.30. The molecule has 0 aromatic heterocycles. The Bertz CT molecular complexity index is 365. The number of hydrogen-bond donors (Lipinski definition) is 2. The van der Waals surface area contributed by atoms with Crippen molar-refractivity contribution >= 4 is 12.0 Å². The zero-order valence-corrected chi connectivity index (χ0v) is 12.3. The minimum atomic E-state index is -0.788. The second kappa shape index (κ2) is 6.43. The molecule has 20 heavy (non-hydrogen) atoms. The summed E-state index contributed by atoms with van der Waals surface area (Å²) in [6.45, 7) is 3.64. The van der Waals surface area contributed by atoms with Crippen molar-refractivity contribution < 1.29 is 14.7 Å². The van der Waals surface area contributed by atoms with E-state index in [0.717, 1.165) is 25.9 Å². The van der Waals surface area contributed by atoms with Crippen molar-refractivity contribution in [2.24, 2.45) is 5.92 Å². The average molecular weight is 283 g/mol. The topological polar surface area (TPSA) is 72.9 Å². The van der Waals surface area contributed by atoms with E-state index >= 15 is 0 Å². The molecular weight excluding hydrogens is 258 g/mol. The zero-order valence-electron chi connectivity index (χ0n) is 12.3. The van der Waals surface area contributed by atoms with Crippen LogP contribution in [-0.2, 0) is 4.79 Å². The fourth-order valence-electron chi connectivity index (χ4n) is 2.73. The molecule has 0 aliphatic heterocycles. The normalized spacial score (nSPS) is 25.1. The van der Waals surface area contributed by atoms with Crippen LogP contribution in [0.4, 0.5) is 4.79 Å². The minimum Gasteiger partial charge on any atom is -0.480 e. The van der Waals surface area contributed by atoms with Crippen LogP contribution in [0.1, 0.15) is 32.6 Å². The number of likely N-dealkylation sites (N-methyl/N-ethyl adjacent to an activating group) is 1. The average Bonchev–Trinajstić information content (AvgIpc) is 3.13. The number of urea groups is 1. The van der Waals surface area contributed by atoms with Crippen LogP contribution in [-0.4, -0.2) is 65.7 Å². The van der Waals surface area contributed by atoms with E-state index in [-0.39, 0.29) is 24.7 Å². The molecule has 0 spiro atoms. The fourth-order valence-corrected chi connectivity index (χ4v) is 2.73. The van der Waals surface area contributed by atoms with E-state index in [1.165, 1.54) is 12.8 Å². The molecular formula is C14H25N3O3. The monoisotopic (exact) mass is 283 g/mol. The number of hydrogen-bond acceptors (Lipinski definition) is 3. The summed E-state index contributed by atoms with van der Waals surface area (Å²) in [6, 6.07) is 0.480. The molecule has 0 radical (unpaired) electrons. The first-order chi connectivity index (χ1) is 9.49. The number of carboxylic acid groups (broad SMARTS) is 1. The molecule has 2 N–H and O–H groups in total. The molecule has 0 bridgehead atoms. The molecule has 0 heterocycles. The lowest BCUT2D eigenvalue weighted by atomic mass is 9.85. The first kappa shape index (κ1) is 15.1. The molecule has 0 unspecified atom stereocenters. The van der Waals surface area contributed by atoms with Crippen LogP contribution >= 0.6 is 0 Å². The Morgan fingerprint density at radius 1 is 1.30 bits per heavy atom. The maximum Gasteiger partial charge on any atom is 0.317 e. The van der Waals surface area contributed by atoms with E-state index in [4.69, 9.17) is 5.11 Å². The second-order valence-electron chi connectivity index (χ2n) is 6.05. The lowest BCUT2D eigenvalue weighted by molar-refractivity contribution is -0.139. The molecule has 0 saturated heterocycles. The molecule has 2 rings (SSSR count). The van der Waals surface area contributed by atoms with Gasteiger partial charge in [0.2, 0.25) is 0 Å². The van der Waals surface area contributed by atoms with E-state index in [1.807, 2.05) is 18.9 Å². The van der Waals surface area contributed by atoms with Gasteiger partial charge in [-0.1, -0.05) is 6.92 Å². The van der Waals surface area contributed by atoms with Crippen LogP contribution in [0.15, 0.2) is 0 Å². The summed E-state index contributed by atoms with van der Waals surface area (Å²) < 4.78 is 0. The Labute approximate surface area is 120 Å². The lowest BCUT2D eigenvalue weighted by Crippen LogP contribution is -2.56. The molecule has 0 atom stereocenters.